The standard InChI is InChI=1S/C22H34N4O3S/c1-2-3-9-21(27)24-15-14-18-10-12-20(13-11-18)30(28,29)26-17-16-25(22(26)23)19-7-5-4-6-8-19/h10-13,19,23H,2-9,14-17H2,1H3,(H,24,27). The molecule has 7 nitrogen and oxygen atoms in total. The number of carbonyl (C=O) groups is 1. The van der Waals surface area contributed by atoms with Crippen molar-refractivity contribution in [2.24, 2.45) is 0 Å². The molecule has 1 aliphatic carbocycles. The Morgan fingerprint density at radius 1 is 1.13 bits per heavy atom. The van der Waals surface area contributed by atoms with E-state index >= 15 is 0 Å². The van der Waals surface area contributed by atoms with Gasteiger partial charge in [0, 0.05) is 25.6 Å². The Balaban J connectivity index is 1.57. The Morgan fingerprint density at radius 3 is 2.50 bits per heavy atom. The van der Waals surface area contributed by atoms with Crippen LogP contribution in [-0.2, 0) is 21.2 Å². The second-order valence-corrected chi connectivity index (χ2v) is 10.1. The van der Waals surface area contributed by atoms with Crippen molar-refractivity contribution in [2.45, 2.75) is 75.6 Å². The molecule has 0 unspecified atom stereocenters. The van der Waals surface area contributed by atoms with Gasteiger partial charge >= 0.3 is 0 Å². The van der Waals surface area contributed by atoms with Crippen LogP contribution in [-0.4, -0.2) is 55.2 Å². The number of hydrogen-bond donors (Lipinski definition) is 2. The summed E-state index contributed by atoms with van der Waals surface area (Å²) in [6.45, 7) is 3.53. The van der Waals surface area contributed by atoms with E-state index in [1.807, 2.05) is 4.90 Å². The van der Waals surface area contributed by atoms with Crippen LogP contribution in [0.15, 0.2) is 29.2 Å². The summed E-state index contributed by atoms with van der Waals surface area (Å²) >= 11 is 0. The minimum Gasteiger partial charge on any atom is -0.356 e. The van der Waals surface area contributed by atoms with Gasteiger partial charge in [-0.2, -0.15) is 0 Å². The van der Waals surface area contributed by atoms with Crippen LogP contribution in [0, 0.1) is 5.41 Å². The number of sulfonamides is 1. The zero-order valence-corrected chi connectivity index (χ0v) is 18.7. The van der Waals surface area contributed by atoms with E-state index in [1.54, 1.807) is 24.3 Å². The molecule has 2 N–H and O–H groups in total. The van der Waals surface area contributed by atoms with E-state index < -0.39 is 10.0 Å². The highest BCUT2D eigenvalue weighted by Gasteiger charge is 2.38. The van der Waals surface area contributed by atoms with Crippen LogP contribution < -0.4 is 5.32 Å². The number of unbranched alkanes of at least 4 members (excludes halogenated alkanes) is 1. The summed E-state index contributed by atoms with van der Waals surface area (Å²) in [6.07, 6.45) is 8.72. The van der Waals surface area contributed by atoms with Crippen LogP contribution >= 0.6 is 0 Å². The number of amides is 1. The largest absolute Gasteiger partial charge is 0.356 e. The maximum Gasteiger partial charge on any atom is 0.266 e. The van der Waals surface area contributed by atoms with E-state index in [4.69, 9.17) is 5.41 Å². The summed E-state index contributed by atoms with van der Waals surface area (Å²) in [7, 11) is -3.72. The monoisotopic (exact) mass is 434 g/mol. The van der Waals surface area contributed by atoms with Gasteiger partial charge in [0.05, 0.1) is 11.4 Å². The zero-order valence-electron chi connectivity index (χ0n) is 17.9. The summed E-state index contributed by atoms with van der Waals surface area (Å²) in [5.41, 5.74) is 0.977. The molecule has 0 aromatic heterocycles. The second-order valence-electron chi connectivity index (χ2n) is 8.23. The third-order valence-electron chi connectivity index (χ3n) is 6.07. The highest BCUT2D eigenvalue weighted by Crippen LogP contribution is 2.28. The molecule has 2 fully saturated rings. The first kappa shape index (κ1) is 22.6. The van der Waals surface area contributed by atoms with Crippen LogP contribution in [0.5, 0.6) is 0 Å². The first-order valence-corrected chi connectivity index (χ1v) is 12.6. The van der Waals surface area contributed by atoms with Gasteiger partial charge in [-0.15, -0.1) is 0 Å². The van der Waals surface area contributed by atoms with Crippen molar-refractivity contribution in [3.8, 4) is 0 Å². The highest BCUT2D eigenvalue weighted by atomic mass is 32.2. The van der Waals surface area contributed by atoms with Crippen molar-refractivity contribution < 1.29 is 13.2 Å². The van der Waals surface area contributed by atoms with E-state index in [0.29, 0.717) is 38.5 Å². The fourth-order valence-electron chi connectivity index (χ4n) is 4.26. The summed E-state index contributed by atoms with van der Waals surface area (Å²) in [5.74, 6) is 0.173. The second kappa shape index (κ2) is 10.3. The van der Waals surface area contributed by atoms with Crippen molar-refractivity contribution in [3.05, 3.63) is 29.8 Å². The lowest BCUT2D eigenvalue weighted by Gasteiger charge is -2.32. The van der Waals surface area contributed by atoms with Crippen LogP contribution in [0.2, 0.25) is 0 Å². The molecule has 1 aliphatic heterocycles. The smallest absolute Gasteiger partial charge is 0.266 e. The predicted molar refractivity (Wildman–Crippen MR) is 118 cm³/mol. The molecule has 30 heavy (non-hydrogen) atoms. The van der Waals surface area contributed by atoms with Crippen molar-refractivity contribution in [2.75, 3.05) is 19.6 Å². The number of carbonyl (C=O) groups excluding carboxylic acids is 1. The lowest BCUT2D eigenvalue weighted by atomic mass is 9.94. The Labute approximate surface area is 180 Å². The minimum atomic E-state index is -3.72. The van der Waals surface area contributed by atoms with Gasteiger partial charge in [-0.1, -0.05) is 44.7 Å². The quantitative estimate of drug-likeness (QED) is 0.624. The van der Waals surface area contributed by atoms with Crippen molar-refractivity contribution in [1.82, 2.24) is 14.5 Å². The first-order chi connectivity index (χ1) is 14.4. The molecule has 8 heteroatoms. The van der Waals surface area contributed by atoms with E-state index in [1.165, 1.54) is 10.7 Å². The number of rotatable bonds is 9. The van der Waals surface area contributed by atoms with E-state index in [9.17, 15) is 13.2 Å². The Kier molecular flexibility index (Phi) is 7.75. The fraction of sp³-hybridized carbons (Fsp3) is 0.636. The maximum atomic E-state index is 13.1. The topological polar surface area (TPSA) is 93.6 Å². The number of guanidine groups is 1. The number of nitrogens with zero attached hydrogens (tertiary/aromatic N) is 2. The Bertz CT molecular complexity index is 832. The molecule has 1 amide bonds. The molecule has 0 spiro atoms. The number of hydrogen-bond acceptors (Lipinski definition) is 4. The van der Waals surface area contributed by atoms with E-state index in [2.05, 4.69) is 12.2 Å². The summed E-state index contributed by atoms with van der Waals surface area (Å²) in [5, 5.41) is 11.4. The fourth-order valence-corrected chi connectivity index (χ4v) is 5.65. The highest BCUT2D eigenvalue weighted by molar-refractivity contribution is 7.89. The molecule has 1 saturated carbocycles. The molecule has 2 aliphatic rings. The number of benzene rings is 1. The summed E-state index contributed by atoms with van der Waals surface area (Å²) in [4.78, 5) is 13.9. The van der Waals surface area contributed by atoms with Gasteiger partial charge in [0.2, 0.25) is 11.9 Å². The average Bonchev–Trinajstić information content (AvgIpc) is 3.15. The van der Waals surface area contributed by atoms with Gasteiger partial charge in [-0.25, -0.2) is 12.7 Å². The van der Waals surface area contributed by atoms with Gasteiger partial charge < -0.3 is 10.2 Å². The van der Waals surface area contributed by atoms with Gasteiger partial charge in [0.1, 0.15) is 0 Å². The molecule has 1 aromatic rings. The molecule has 0 radical (unpaired) electrons. The lowest BCUT2D eigenvalue weighted by Crippen LogP contribution is -2.42. The SMILES string of the molecule is CCCCC(=O)NCCc1ccc(S(=O)(=O)N2CCN(C3CCCCC3)C2=N)cc1. The first-order valence-electron chi connectivity index (χ1n) is 11.2. The van der Waals surface area contributed by atoms with Crippen LogP contribution in [0.25, 0.3) is 0 Å². The Morgan fingerprint density at radius 2 is 1.83 bits per heavy atom. The van der Waals surface area contributed by atoms with Gasteiger partial charge in [-0.05, 0) is 43.4 Å². The summed E-state index contributed by atoms with van der Waals surface area (Å²) < 4.78 is 27.4. The molecule has 1 aromatic carbocycles. The molecule has 1 heterocycles. The van der Waals surface area contributed by atoms with Gasteiger partial charge in [0.25, 0.3) is 10.0 Å². The predicted octanol–water partition coefficient (Wildman–Crippen LogP) is 3.11. The summed E-state index contributed by atoms with van der Waals surface area (Å²) in [6, 6.07) is 7.11. The molecular formula is C22H34N4O3S. The van der Waals surface area contributed by atoms with Crippen LogP contribution in [0.3, 0.4) is 0 Å². The minimum absolute atomic E-state index is 0.0612. The molecule has 3 rings (SSSR count). The van der Waals surface area contributed by atoms with Gasteiger partial charge in [-0.3, -0.25) is 10.2 Å². The molecule has 0 atom stereocenters. The molecular weight excluding hydrogens is 400 g/mol. The zero-order chi connectivity index (χ0) is 21.6. The van der Waals surface area contributed by atoms with Gasteiger partial charge in [0.15, 0.2) is 0 Å². The van der Waals surface area contributed by atoms with Crippen molar-refractivity contribution >= 4 is 21.9 Å². The molecule has 1 saturated heterocycles. The normalized spacial score (nSPS) is 18.1. The van der Waals surface area contributed by atoms with E-state index in [0.717, 1.165) is 44.1 Å². The molecule has 0 bridgehead atoms. The van der Waals surface area contributed by atoms with Crippen LogP contribution in [0.1, 0.15) is 63.9 Å². The third kappa shape index (κ3) is 5.33. The third-order valence-corrected chi connectivity index (χ3v) is 7.88. The lowest BCUT2D eigenvalue weighted by molar-refractivity contribution is -0.121. The molecule has 166 valence electrons. The van der Waals surface area contributed by atoms with Crippen molar-refractivity contribution in [1.29, 1.82) is 5.41 Å². The van der Waals surface area contributed by atoms with Crippen molar-refractivity contribution in [3.63, 3.8) is 0 Å². The number of nitrogens with one attached hydrogen (secondary N) is 2. The Hall–Kier alpha value is -2.09. The van der Waals surface area contributed by atoms with E-state index in [-0.39, 0.29) is 16.8 Å². The van der Waals surface area contributed by atoms with Crippen LogP contribution in [0.4, 0.5) is 0 Å². The average molecular weight is 435 g/mol. The maximum absolute atomic E-state index is 13.1.